The normalized spacial score (nSPS) is 26.7. The number of para-hydroxylation sites is 1. The fourth-order valence-electron chi connectivity index (χ4n) is 11.7. The highest BCUT2D eigenvalue weighted by molar-refractivity contribution is 6.70. The fourth-order valence-corrected chi connectivity index (χ4v) is 14.4. The van der Waals surface area contributed by atoms with Gasteiger partial charge in [0.15, 0.2) is 28.1 Å². The average Bonchev–Trinajstić information content (AvgIpc) is 3.61. The van der Waals surface area contributed by atoms with Gasteiger partial charge in [-0.1, -0.05) is 128 Å². The van der Waals surface area contributed by atoms with Gasteiger partial charge < -0.3 is 18.7 Å². The summed E-state index contributed by atoms with van der Waals surface area (Å²) in [4.78, 5) is 44.8. The molecule has 4 aliphatic rings. The van der Waals surface area contributed by atoms with Crippen molar-refractivity contribution in [3.05, 3.63) is 193 Å². The van der Waals surface area contributed by atoms with Crippen LogP contribution in [0.1, 0.15) is 50.3 Å². The van der Waals surface area contributed by atoms with Gasteiger partial charge in [-0.15, -0.1) is 0 Å². The minimum Gasteiger partial charge on any atom is -0.404 e. The highest BCUT2D eigenvalue weighted by Crippen LogP contribution is 2.62. The van der Waals surface area contributed by atoms with Crippen molar-refractivity contribution in [3.8, 4) is 5.69 Å². The van der Waals surface area contributed by atoms with Gasteiger partial charge in [-0.3, -0.25) is 4.79 Å². The lowest BCUT2D eigenvalue weighted by Crippen LogP contribution is -2.68. The van der Waals surface area contributed by atoms with Gasteiger partial charge in [0.25, 0.3) is 0 Å². The number of nitrogens with zero attached hydrogens (tertiary/aromatic N) is 3. The zero-order valence-corrected chi connectivity index (χ0v) is 41.0. The number of hydrogen-bond donors (Lipinski definition) is 1. The Bertz CT molecular complexity index is 2760. The Kier molecular flexibility index (Phi) is 11.1. The molecule has 9 rings (SSSR count). The van der Waals surface area contributed by atoms with Gasteiger partial charge in [0.1, 0.15) is 11.2 Å². The lowest BCUT2D eigenvalue weighted by molar-refractivity contribution is -0.184. The number of ether oxygens (including phenoxy) is 1. The molecule has 1 N–H and O–H groups in total. The molecule has 3 aliphatic carbocycles. The molecule has 6 atom stereocenters. The number of ketones is 1. The number of aromatic nitrogens is 3. The molecule has 10 nitrogen and oxygen atoms in total. The largest absolute Gasteiger partial charge is 0.404 e. The Morgan fingerprint density at radius 2 is 1.22 bits per heavy atom. The van der Waals surface area contributed by atoms with Gasteiger partial charge in [-0.25, -0.2) is 18.8 Å². The fraction of sp³-hybridized carbons (Fsp3) is 0.377. The molecule has 12 heteroatoms. The number of carbonyl (C=O) groups excluding carboxylic acids is 1. The van der Waals surface area contributed by atoms with Crippen LogP contribution in [-0.2, 0) is 36.3 Å². The van der Waals surface area contributed by atoms with Crippen LogP contribution in [0.5, 0.6) is 0 Å². The zero-order valence-electron chi connectivity index (χ0n) is 39.0. The average molecular weight is 908 g/mol. The van der Waals surface area contributed by atoms with Crippen LogP contribution in [0.4, 0.5) is 0 Å². The molecule has 2 heterocycles. The van der Waals surface area contributed by atoms with Crippen molar-refractivity contribution in [2.24, 2.45) is 17.8 Å². The highest BCUT2D eigenvalue weighted by atomic mass is 28.4. The summed E-state index contributed by atoms with van der Waals surface area (Å²) in [6, 6.07) is 39.6. The van der Waals surface area contributed by atoms with E-state index in [-0.39, 0.29) is 31.8 Å². The van der Waals surface area contributed by atoms with Crippen molar-refractivity contribution in [1.82, 2.24) is 13.9 Å². The van der Waals surface area contributed by atoms with Crippen molar-refractivity contribution in [1.29, 1.82) is 0 Å². The summed E-state index contributed by atoms with van der Waals surface area (Å²) < 4.78 is 26.6. The summed E-state index contributed by atoms with van der Waals surface area (Å²) in [5.41, 5.74) is -0.375. The first-order chi connectivity index (χ1) is 30.8. The molecule has 0 amide bonds. The number of aliphatic hydroxyl groups is 1. The Labute approximate surface area is 383 Å². The Balaban J connectivity index is 1.31. The Hall–Kier alpha value is -5.22. The Morgan fingerprint density at radius 1 is 0.708 bits per heavy atom. The SMILES string of the molecule is CC1=C[C@H]2[C@@]3(O)[C@H](C)CC4(O[Si](C)(C)C)C(=C(C)Cn5c(=O)n(-c6ccccc6)c(=O)n54)[C@@H]3C=C(COC(c3ccccc3)(c3ccccc3)c3ccccc3)C[C@]2(O[Si](C)(C)C)C1=O. The van der Waals surface area contributed by atoms with E-state index in [2.05, 4.69) is 81.8 Å². The molecule has 1 aromatic heterocycles. The zero-order chi connectivity index (χ0) is 46.3. The van der Waals surface area contributed by atoms with Gasteiger partial charge in [-0.2, -0.15) is 4.68 Å². The predicted octanol–water partition coefficient (Wildman–Crippen LogP) is 9.10. The van der Waals surface area contributed by atoms with E-state index in [1.54, 1.807) is 16.8 Å². The van der Waals surface area contributed by atoms with Crippen LogP contribution in [-0.4, -0.2) is 59.3 Å². The van der Waals surface area contributed by atoms with Crippen LogP contribution < -0.4 is 11.4 Å². The number of Topliss-reactive ketones (excluding diaryl/α,β-unsaturated/α-hetero) is 1. The molecule has 1 unspecified atom stereocenters. The minimum absolute atomic E-state index is 0.0682. The van der Waals surface area contributed by atoms with Crippen molar-refractivity contribution in [2.75, 3.05) is 6.61 Å². The lowest BCUT2D eigenvalue weighted by atomic mass is 9.56. The van der Waals surface area contributed by atoms with E-state index in [4.69, 9.17) is 13.6 Å². The smallest absolute Gasteiger partial charge is 0.354 e. The predicted molar refractivity (Wildman–Crippen MR) is 259 cm³/mol. The quantitative estimate of drug-likeness (QED) is 0.0800. The Morgan fingerprint density at radius 3 is 1.72 bits per heavy atom. The number of carbonyl (C=O) groups is 1. The standard InChI is InChI=1S/C53H61N3O7Si2/c1-36-30-45-50(47(36)57,62-64(4,5)6)33-39(35-61-53(40-22-14-10-15-23-40,41-24-16-11-17-25-41)42-26-18-12-19-27-42)31-44-46-37(2)34-54-48(58)55(43-28-20-13-21-29-43)49(59)56(54)51(46,63-65(7,8)9)32-38(3)52(44,45)60/h10-31,38,44-45,60H,32-35H2,1-9H3/t38-,44+,45-,50-,51?,52-/m1/s1. The maximum atomic E-state index is 15.1. The van der Waals surface area contributed by atoms with E-state index in [1.807, 2.05) is 99.6 Å². The molecule has 5 aromatic rings. The molecule has 65 heavy (non-hydrogen) atoms. The van der Waals surface area contributed by atoms with Crippen molar-refractivity contribution in [3.63, 3.8) is 0 Å². The van der Waals surface area contributed by atoms with Crippen LogP contribution in [0.25, 0.3) is 5.69 Å². The van der Waals surface area contributed by atoms with Crippen molar-refractivity contribution in [2.45, 2.75) is 102 Å². The minimum atomic E-state index is -2.59. The molecule has 0 radical (unpaired) electrons. The molecule has 1 aliphatic heterocycles. The maximum Gasteiger partial charge on any atom is 0.354 e. The first-order valence-electron chi connectivity index (χ1n) is 22.8. The van der Waals surface area contributed by atoms with Crippen LogP contribution in [0.3, 0.4) is 0 Å². The van der Waals surface area contributed by atoms with Crippen molar-refractivity contribution >= 4 is 22.4 Å². The molecule has 0 spiro atoms. The van der Waals surface area contributed by atoms with Gasteiger partial charge in [0.2, 0.25) is 0 Å². The molecular formula is C53H61N3O7Si2. The lowest BCUT2D eigenvalue weighted by Gasteiger charge is -2.59. The number of rotatable bonds is 11. The first-order valence-corrected chi connectivity index (χ1v) is 29.7. The number of benzene rings is 4. The van der Waals surface area contributed by atoms with E-state index in [1.165, 1.54) is 9.25 Å². The maximum absolute atomic E-state index is 15.1. The molecule has 1 saturated carbocycles. The topological polar surface area (TPSA) is 114 Å². The first kappa shape index (κ1) is 45.0. The number of allylic oxidation sites excluding steroid dienone is 1. The number of fused-ring (bicyclic) bond motifs is 7. The van der Waals surface area contributed by atoms with Crippen molar-refractivity contribution < 1.29 is 23.5 Å². The monoisotopic (exact) mass is 907 g/mol. The van der Waals surface area contributed by atoms with E-state index in [0.29, 0.717) is 11.3 Å². The molecule has 0 bridgehead atoms. The van der Waals surface area contributed by atoms with Crippen LogP contribution in [0.15, 0.2) is 165 Å². The van der Waals surface area contributed by atoms with Gasteiger partial charge >= 0.3 is 11.4 Å². The highest BCUT2D eigenvalue weighted by Gasteiger charge is 2.70. The van der Waals surface area contributed by atoms with Gasteiger partial charge in [-0.05, 0) is 110 Å². The van der Waals surface area contributed by atoms with E-state index < -0.39 is 68.3 Å². The summed E-state index contributed by atoms with van der Waals surface area (Å²) in [5, 5.41) is 14.1. The second-order valence-electron chi connectivity index (χ2n) is 20.6. The van der Waals surface area contributed by atoms with Crippen LogP contribution >= 0.6 is 0 Å². The van der Waals surface area contributed by atoms with E-state index >= 15 is 9.59 Å². The molecular weight excluding hydrogens is 847 g/mol. The summed E-state index contributed by atoms with van der Waals surface area (Å²) >= 11 is 0. The van der Waals surface area contributed by atoms with Crippen LogP contribution in [0.2, 0.25) is 39.3 Å². The van der Waals surface area contributed by atoms with E-state index in [9.17, 15) is 9.90 Å². The molecule has 1 fully saturated rings. The third-order valence-corrected chi connectivity index (χ3v) is 15.8. The second-order valence-corrected chi connectivity index (χ2v) is 29.5. The summed E-state index contributed by atoms with van der Waals surface area (Å²) in [7, 11) is -5.12. The second kappa shape index (κ2) is 16.0. The van der Waals surface area contributed by atoms with Crippen LogP contribution in [0, 0.1) is 17.8 Å². The van der Waals surface area contributed by atoms with Gasteiger partial charge in [0.05, 0.1) is 24.4 Å². The summed E-state index contributed by atoms with van der Waals surface area (Å²) in [6.45, 7) is 18.5. The summed E-state index contributed by atoms with van der Waals surface area (Å²) in [6.07, 6.45) is 4.41. The van der Waals surface area contributed by atoms with E-state index in [0.717, 1.165) is 33.4 Å². The molecule has 4 aromatic carbocycles. The third-order valence-electron chi connectivity index (χ3n) is 13.9. The van der Waals surface area contributed by atoms with Gasteiger partial charge in [0, 0.05) is 24.7 Å². The summed E-state index contributed by atoms with van der Waals surface area (Å²) in [5.74, 6) is -2.26. The molecule has 338 valence electrons. The molecule has 0 saturated heterocycles. The number of hydrogen-bond acceptors (Lipinski definition) is 7. The third kappa shape index (κ3) is 7.15.